The second kappa shape index (κ2) is 12.7. The zero-order valence-electron chi connectivity index (χ0n) is 18.6. The Kier molecular flexibility index (Phi) is 9.94. The number of aromatic nitrogens is 1. The fraction of sp³-hybridized carbons (Fsp3) is 0.478. The van der Waals surface area contributed by atoms with E-state index in [-0.39, 0.29) is 6.04 Å². The third-order valence-corrected chi connectivity index (χ3v) is 4.34. The van der Waals surface area contributed by atoms with Crippen LogP contribution in [0.2, 0.25) is 0 Å². The van der Waals surface area contributed by atoms with E-state index in [9.17, 15) is 0 Å². The van der Waals surface area contributed by atoms with Crippen molar-refractivity contribution in [2.75, 3.05) is 34.0 Å². The number of nitrogens with zero attached hydrogens (tertiary/aromatic N) is 2. The van der Waals surface area contributed by atoms with Gasteiger partial charge in [0.2, 0.25) is 5.88 Å². The first-order valence-electron chi connectivity index (χ1n) is 10.3. The van der Waals surface area contributed by atoms with Crippen molar-refractivity contribution in [1.29, 1.82) is 0 Å². The van der Waals surface area contributed by atoms with Gasteiger partial charge in [0.25, 0.3) is 0 Å². The molecule has 2 aromatic rings. The Labute approximate surface area is 179 Å². The topological polar surface area (TPSA) is 77.0 Å². The highest BCUT2D eigenvalue weighted by molar-refractivity contribution is 5.80. The van der Waals surface area contributed by atoms with Crippen LogP contribution in [0.5, 0.6) is 11.6 Å². The Morgan fingerprint density at radius 1 is 1.03 bits per heavy atom. The molecule has 1 heterocycles. The molecule has 30 heavy (non-hydrogen) atoms. The molecule has 0 fully saturated rings. The maximum Gasteiger partial charge on any atom is 0.213 e. The van der Waals surface area contributed by atoms with Crippen LogP contribution in [0, 0.1) is 5.92 Å². The SMILES string of the molecule is CN=C(NCc1ccc(OCCOC)nc1)NC(C)c1ccc(OCC(C)C)cc1. The average Bonchev–Trinajstić information content (AvgIpc) is 2.76. The summed E-state index contributed by atoms with van der Waals surface area (Å²) in [5.74, 6) is 2.72. The molecule has 0 bridgehead atoms. The molecule has 0 aliphatic heterocycles. The lowest BCUT2D eigenvalue weighted by atomic mass is 10.1. The van der Waals surface area contributed by atoms with Gasteiger partial charge in [0.05, 0.1) is 19.3 Å². The smallest absolute Gasteiger partial charge is 0.213 e. The molecular weight excluding hydrogens is 380 g/mol. The lowest BCUT2D eigenvalue weighted by Gasteiger charge is -2.19. The van der Waals surface area contributed by atoms with Gasteiger partial charge in [-0.3, -0.25) is 4.99 Å². The summed E-state index contributed by atoms with van der Waals surface area (Å²) in [6.07, 6.45) is 1.79. The van der Waals surface area contributed by atoms with Crippen LogP contribution in [-0.4, -0.2) is 44.9 Å². The summed E-state index contributed by atoms with van der Waals surface area (Å²) in [7, 11) is 3.40. The fourth-order valence-electron chi connectivity index (χ4n) is 2.61. The molecule has 0 amide bonds. The van der Waals surface area contributed by atoms with Crippen molar-refractivity contribution in [3.05, 3.63) is 53.7 Å². The van der Waals surface area contributed by atoms with Gasteiger partial charge in [-0.1, -0.05) is 32.0 Å². The largest absolute Gasteiger partial charge is 0.493 e. The second-order valence-electron chi connectivity index (χ2n) is 7.41. The number of aliphatic imine (C=N–C) groups is 1. The standard InChI is InChI=1S/C23H34N4O3/c1-17(2)16-30-21-9-7-20(8-10-21)18(3)27-23(24-4)26-15-19-6-11-22(25-14-19)29-13-12-28-5/h6-11,14,17-18H,12-13,15-16H2,1-5H3,(H2,24,26,27). The van der Waals surface area contributed by atoms with E-state index in [2.05, 4.69) is 53.5 Å². The quantitative estimate of drug-likeness (QED) is 0.333. The molecule has 7 heteroatoms. The maximum absolute atomic E-state index is 5.75. The molecule has 164 valence electrons. The molecule has 0 saturated carbocycles. The normalized spacial score (nSPS) is 12.5. The minimum Gasteiger partial charge on any atom is -0.493 e. The molecule has 1 atom stereocenters. The molecule has 7 nitrogen and oxygen atoms in total. The van der Waals surface area contributed by atoms with Crippen molar-refractivity contribution in [2.24, 2.45) is 10.9 Å². The first-order chi connectivity index (χ1) is 14.5. The first kappa shape index (κ1) is 23.5. The van der Waals surface area contributed by atoms with Crippen LogP contribution in [-0.2, 0) is 11.3 Å². The maximum atomic E-state index is 5.75. The van der Waals surface area contributed by atoms with Gasteiger partial charge >= 0.3 is 0 Å². The van der Waals surface area contributed by atoms with Crippen molar-refractivity contribution >= 4 is 5.96 Å². The average molecular weight is 415 g/mol. The number of nitrogens with one attached hydrogen (secondary N) is 2. The van der Waals surface area contributed by atoms with E-state index in [0.29, 0.717) is 31.6 Å². The molecule has 1 aromatic heterocycles. The Hall–Kier alpha value is -2.80. The van der Waals surface area contributed by atoms with Crippen LogP contribution < -0.4 is 20.1 Å². The lowest BCUT2D eigenvalue weighted by molar-refractivity contribution is 0.143. The van der Waals surface area contributed by atoms with Gasteiger partial charge in [-0.2, -0.15) is 0 Å². The van der Waals surface area contributed by atoms with E-state index < -0.39 is 0 Å². The Morgan fingerprint density at radius 2 is 1.80 bits per heavy atom. The molecule has 0 aliphatic carbocycles. The molecule has 0 spiro atoms. The summed E-state index contributed by atoms with van der Waals surface area (Å²) in [4.78, 5) is 8.62. The third kappa shape index (κ3) is 8.29. The summed E-state index contributed by atoms with van der Waals surface area (Å²) in [5.41, 5.74) is 2.20. The van der Waals surface area contributed by atoms with Crippen molar-refractivity contribution in [3.8, 4) is 11.6 Å². The minimum atomic E-state index is 0.102. The van der Waals surface area contributed by atoms with Gasteiger partial charge in [0.15, 0.2) is 5.96 Å². The summed E-state index contributed by atoms with van der Waals surface area (Å²) < 4.78 is 16.2. The number of hydrogen-bond acceptors (Lipinski definition) is 5. The molecule has 0 saturated heterocycles. The first-order valence-corrected chi connectivity index (χ1v) is 10.3. The Morgan fingerprint density at radius 3 is 2.40 bits per heavy atom. The van der Waals surface area contributed by atoms with Crippen LogP contribution in [0.4, 0.5) is 0 Å². The van der Waals surface area contributed by atoms with Gasteiger partial charge in [0, 0.05) is 33.0 Å². The van der Waals surface area contributed by atoms with Crippen LogP contribution >= 0.6 is 0 Å². The van der Waals surface area contributed by atoms with E-state index in [4.69, 9.17) is 14.2 Å². The highest BCUT2D eigenvalue weighted by Gasteiger charge is 2.09. The Balaban J connectivity index is 1.82. The Bertz CT molecular complexity index is 761. The molecule has 0 radical (unpaired) electrons. The summed E-state index contributed by atoms with van der Waals surface area (Å²) >= 11 is 0. The number of hydrogen-bond donors (Lipinski definition) is 2. The summed E-state index contributed by atoms with van der Waals surface area (Å²) in [6.45, 7) is 8.74. The zero-order valence-corrected chi connectivity index (χ0v) is 18.6. The van der Waals surface area contributed by atoms with Crippen LogP contribution in [0.1, 0.15) is 37.9 Å². The zero-order chi connectivity index (χ0) is 21.8. The fourth-order valence-corrected chi connectivity index (χ4v) is 2.61. The number of methoxy groups -OCH3 is 1. The molecule has 2 rings (SSSR count). The van der Waals surface area contributed by atoms with Gasteiger partial charge in [0.1, 0.15) is 12.4 Å². The summed E-state index contributed by atoms with van der Waals surface area (Å²) in [6, 6.07) is 12.1. The predicted molar refractivity (Wildman–Crippen MR) is 120 cm³/mol. The summed E-state index contributed by atoms with van der Waals surface area (Å²) in [5, 5.41) is 6.72. The van der Waals surface area contributed by atoms with E-state index in [1.165, 1.54) is 0 Å². The van der Waals surface area contributed by atoms with Crippen LogP contribution in [0.25, 0.3) is 0 Å². The monoisotopic (exact) mass is 414 g/mol. The number of ether oxygens (including phenoxy) is 3. The second-order valence-corrected chi connectivity index (χ2v) is 7.41. The number of pyridine rings is 1. The van der Waals surface area contributed by atoms with Gasteiger partial charge in [-0.25, -0.2) is 4.98 Å². The highest BCUT2D eigenvalue weighted by Crippen LogP contribution is 2.18. The van der Waals surface area contributed by atoms with Gasteiger partial charge in [-0.15, -0.1) is 0 Å². The number of benzene rings is 1. The van der Waals surface area contributed by atoms with E-state index in [1.54, 1.807) is 20.4 Å². The van der Waals surface area contributed by atoms with E-state index in [1.807, 2.05) is 24.3 Å². The molecule has 2 N–H and O–H groups in total. The molecule has 1 aromatic carbocycles. The van der Waals surface area contributed by atoms with Crippen molar-refractivity contribution in [1.82, 2.24) is 15.6 Å². The van der Waals surface area contributed by atoms with Crippen molar-refractivity contribution < 1.29 is 14.2 Å². The number of rotatable bonds is 11. The van der Waals surface area contributed by atoms with Crippen LogP contribution in [0.15, 0.2) is 47.6 Å². The number of guanidine groups is 1. The van der Waals surface area contributed by atoms with E-state index in [0.717, 1.165) is 29.4 Å². The van der Waals surface area contributed by atoms with Crippen molar-refractivity contribution in [2.45, 2.75) is 33.4 Å². The van der Waals surface area contributed by atoms with Crippen LogP contribution in [0.3, 0.4) is 0 Å². The predicted octanol–water partition coefficient (Wildman–Crippen LogP) is 3.57. The molecular formula is C23H34N4O3. The molecule has 0 aliphatic rings. The molecule has 1 unspecified atom stereocenters. The van der Waals surface area contributed by atoms with Gasteiger partial charge < -0.3 is 24.8 Å². The minimum absolute atomic E-state index is 0.102. The van der Waals surface area contributed by atoms with Crippen molar-refractivity contribution in [3.63, 3.8) is 0 Å². The van der Waals surface area contributed by atoms with E-state index >= 15 is 0 Å². The third-order valence-electron chi connectivity index (χ3n) is 4.34. The lowest BCUT2D eigenvalue weighted by Crippen LogP contribution is -2.38. The highest BCUT2D eigenvalue weighted by atomic mass is 16.5. The van der Waals surface area contributed by atoms with Gasteiger partial charge in [-0.05, 0) is 36.1 Å².